The molecule has 1 N–H and O–H groups in total. The molecule has 0 aliphatic carbocycles. The van der Waals surface area contributed by atoms with Crippen LogP contribution in [0.25, 0.3) is 28.3 Å². The van der Waals surface area contributed by atoms with Crippen LogP contribution in [0.15, 0.2) is 84.9 Å². The number of nitrogens with one attached hydrogen (secondary N) is 1. The van der Waals surface area contributed by atoms with Crippen molar-refractivity contribution >= 4 is 17.4 Å². The standard InChI is InChI=1S/C29H28N8O2/c38-29(23-15-18-36(19-16-23)25-12-11-24(31-32-25)21-7-3-1-4-8-21)30-17-20-39-27-14-13-26-33-34-28(37(26)35-27)22-9-5-2-6-10-22/h1-14,23H,15-20H2,(H,30,38). The average molecular weight is 521 g/mol. The normalized spacial score (nSPS) is 13.9. The number of piperidine rings is 1. The molecule has 10 nitrogen and oxygen atoms in total. The molecule has 0 bridgehead atoms. The van der Waals surface area contributed by atoms with Gasteiger partial charge in [-0.15, -0.1) is 25.5 Å². The minimum absolute atomic E-state index is 0.0299. The van der Waals surface area contributed by atoms with Crippen molar-refractivity contribution in [3.8, 4) is 28.5 Å². The van der Waals surface area contributed by atoms with Gasteiger partial charge in [0.25, 0.3) is 0 Å². The fraction of sp³-hybridized carbons (Fsp3) is 0.241. The molecule has 3 aromatic heterocycles. The molecular formula is C29H28N8O2. The predicted molar refractivity (Wildman–Crippen MR) is 147 cm³/mol. The highest BCUT2D eigenvalue weighted by atomic mass is 16.5. The van der Waals surface area contributed by atoms with Crippen molar-refractivity contribution in [2.75, 3.05) is 31.1 Å². The SMILES string of the molecule is O=C(NCCOc1ccc2nnc(-c3ccccc3)n2n1)C1CCN(c2ccc(-c3ccccc3)nn2)CC1. The van der Waals surface area contributed by atoms with Gasteiger partial charge in [-0.25, -0.2) is 0 Å². The number of rotatable bonds is 8. The zero-order valence-electron chi connectivity index (χ0n) is 21.3. The Balaban J connectivity index is 0.967. The number of nitrogens with zero attached hydrogens (tertiary/aromatic N) is 7. The molecule has 10 heteroatoms. The van der Waals surface area contributed by atoms with Gasteiger partial charge in [-0.1, -0.05) is 60.7 Å². The molecule has 6 rings (SSSR count). The molecule has 1 fully saturated rings. The fourth-order valence-electron chi connectivity index (χ4n) is 4.72. The Bertz CT molecular complexity index is 1530. The Morgan fingerprint density at radius 3 is 2.28 bits per heavy atom. The Hall–Kier alpha value is -4.86. The Labute approximate surface area is 225 Å². The predicted octanol–water partition coefficient (Wildman–Crippen LogP) is 3.66. The monoisotopic (exact) mass is 520 g/mol. The van der Waals surface area contributed by atoms with Crippen LogP contribution in [0.2, 0.25) is 0 Å². The molecule has 0 unspecified atom stereocenters. The maximum atomic E-state index is 12.7. The number of hydrogen-bond acceptors (Lipinski definition) is 8. The smallest absolute Gasteiger partial charge is 0.231 e. The molecule has 4 heterocycles. The van der Waals surface area contributed by atoms with E-state index in [4.69, 9.17) is 4.74 Å². The van der Waals surface area contributed by atoms with E-state index in [9.17, 15) is 4.79 Å². The number of ether oxygens (including phenoxy) is 1. The molecule has 1 amide bonds. The van der Waals surface area contributed by atoms with Gasteiger partial charge in [0.2, 0.25) is 11.8 Å². The van der Waals surface area contributed by atoms with E-state index >= 15 is 0 Å². The molecule has 1 aliphatic rings. The number of amides is 1. The van der Waals surface area contributed by atoms with E-state index in [0.29, 0.717) is 30.5 Å². The summed E-state index contributed by atoms with van der Waals surface area (Å²) >= 11 is 0. The molecule has 2 aromatic carbocycles. The van der Waals surface area contributed by atoms with Gasteiger partial charge >= 0.3 is 0 Å². The first kappa shape index (κ1) is 24.5. The molecule has 196 valence electrons. The van der Waals surface area contributed by atoms with Crippen molar-refractivity contribution < 1.29 is 9.53 Å². The average Bonchev–Trinajstić information content (AvgIpc) is 3.44. The van der Waals surface area contributed by atoms with E-state index < -0.39 is 0 Å². The zero-order chi connectivity index (χ0) is 26.4. The van der Waals surface area contributed by atoms with E-state index in [2.05, 4.69) is 35.7 Å². The van der Waals surface area contributed by atoms with E-state index in [-0.39, 0.29) is 11.8 Å². The molecular weight excluding hydrogens is 492 g/mol. The largest absolute Gasteiger partial charge is 0.475 e. The van der Waals surface area contributed by atoms with Crippen molar-refractivity contribution in [3.05, 3.63) is 84.9 Å². The summed E-state index contributed by atoms with van der Waals surface area (Å²) in [5.41, 5.74) is 3.45. The maximum absolute atomic E-state index is 12.7. The number of aromatic nitrogens is 6. The van der Waals surface area contributed by atoms with Gasteiger partial charge < -0.3 is 15.0 Å². The van der Waals surface area contributed by atoms with Crippen LogP contribution in [0, 0.1) is 5.92 Å². The molecule has 1 saturated heterocycles. The van der Waals surface area contributed by atoms with E-state index in [1.54, 1.807) is 10.6 Å². The Morgan fingerprint density at radius 2 is 1.56 bits per heavy atom. The van der Waals surface area contributed by atoms with Crippen molar-refractivity contribution in [2.45, 2.75) is 12.8 Å². The number of hydrogen-bond donors (Lipinski definition) is 1. The highest BCUT2D eigenvalue weighted by Crippen LogP contribution is 2.24. The number of carbonyl (C=O) groups is 1. The highest BCUT2D eigenvalue weighted by Gasteiger charge is 2.25. The molecule has 0 radical (unpaired) electrons. The summed E-state index contributed by atoms with van der Waals surface area (Å²) in [5.74, 6) is 1.96. The summed E-state index contributed by atoms with van der Waals surface area (Å²) in [4.78, 5) is 14.9. The van der Waals surface area contributed by atoms with Crippen LogP contribution < -0.4 is 15.0 Å². The van der Waals surface area contributed by atoms with Crippen LogP contribution in [0.4, 0.5) is 5.82 Å². The van der Waals surface area contributed by atoms with E-state index in [1.165, 1.54) is 0 Å². The quantitative estimate of drug-likeness (QED) is 0.309. The van der Waals surface area contributed by atoms with Crippen molar-refractivity contribution in [1.82, 2.24) is 35.3 Å². The van der Waals surface area contributed by atoms with Gasteiger partial charge in [-0.2, -0.15) is 4.52 Å². The number of benzene rings is 2. The lowest BCUT2D eigenvalue weighted by atomic mass is 9.96. The third kappa shape index (κ3) is 5.54. The third-order valence-electron chi connectivity index (χ3n) is 6.83. The number of carbonyl (C=O) groups excluding carboxylic acids is 1. The van der Waals surface area contributed by atoms with Gasteiger partial charge in [0, 0.05) is 36.2 Å². The van der Waals surface area contributed by atoms with Gasteiger partial charge in [0.05, 0.1) is 12.2 Å². The first-order chi connectivity index (χ1) is 19.2. The summed E-state index contributed by atoms with van der Waals surface area (Å²) in [6, 6.07) is 27.3. The zero-order valence-corrected chi connectivity index (χ0v) is 21.3. The van der Waals surface area contributed by atoms with Crippen LogP contribution >= 0.6 is 0 Å². The fourth-order valence-corrected chi connectivity index (χ4v) is 4.72. The summed E-state index contributed by atoms with van der Waals surface area (Å²) in [6.07, 6.45) is 1.53. The second-order valence-electron chi connectivity index (χ2n) is 9.37. The molecule has 0 spiro atoms. The first-order valence-electron chi connectivity index (χ1n) is 13.1. The maximum Gasteiger partial charge on any atom is 0.231 e. The third-order valence-corrected chi connectivity index (χ3v) is 6.83. The second-order valence-corrected chi connectivity index (χ2v) is 9.37. The highest BCUT2D eigenvalue weighted by molar-refractivity contribution is 5.79. The van der Waals surface area contributed by atoms with E-state index in [1.807, 2.05) is 78.9 Å². The Kier molecular flexibility index (Phi) is 7.07. The first-order valence-corrected chi connectivity index (χ1v) is 13.1. The van der Waals surface area contributed by atoms with Crippen LogP contribution in [0.5, 0.6) is 5.88 Å². The lowest BCUT2D eigenvalue weighted by Crippen LogP contribution is -2.41. The molecule has 5 aromatic rings. The van der Waals surface area contributed by atoms with Crippen LogP contribution in [0.1, 0.15) is 12.8 Å². The topological polar surface area (TPSA) is 110 Å². The lowest BCUT2D eigenvalue weighted by molar-refractivity contribution is -0.125. The summed E-state index contributed by atoms with van der Waals surface area (Å²) in [5, 5.41) is 24.8. The van der Waals surface area contributed by atoms with E-state index in [0.717, 1.165) is 48.6 Å². The summed E-state index contributed by atoms with van der Waals surface area (Å²) < 4.78 is 7.47. The van der Waals surface area contributed by atoms with Gasteiger partial charge in [0.1, 0.15) is 6.61 Å². The molecule has 1 aliphatic heterocycles. The van der Waals surface area contributed by atoms with Gasteiger partial charge in [-0.3, -0.25) is 4.79 Å². The number of anilines is 1. The van der Waals surface area contributed by atoms with Crippen molar-refractivity contribution in [1.29, 1.82) is 0 Å². The minimum Gasteiger partial charge on any atom is -0.475 e. The minimum atomic E-state index is -0.0299. The summed E-state index contributed by atoms with van der Waals surface area (Å²) in [6.45, 7) is 2.25. The van der Waals surface area contributed by atoms with Crippen LogP contribution in [-0.4, -0.2) is 62.2 Å². The molecule has 0 atom stereocenters. The Morgan fingerprint density at radius 1 is 0.821 bits per heavy atom. The van der Waals surface area contributed by atoms with Crippen molar-refractivity contribution in [3.63, 3.8) is 0 Å². The second kappa shape index (κ2) is 11.3. The van der Waals surface area contributed by atoms with Gasteiger partial charge in [-0.05, 0) is 31.0 Å². The van der Waals surface area contributed by atoms with Crippen LogP contribution in [-0.2, 0) is 4.79 Å². The van der Waals surface area contributed by atoms with Crippen molar-refractivity contribution in [2.24, 2.45) is 5.92 Å². The summed E-state index contributed by atoms with van der Waals surface area (Å²) in [7, 11) is 0. The van der Waals surface area contributed by atoms with Crippen LogP contribution in [0.3, 0.4) is 0 Å². The molecule has 0 saturated carbocycles. The molecule has 39 heavy (non-hydrogen) atoms. The number of fused-ring (bicyclic) bond motifs is 1. The lowest BCUT2D eigenvalue weighted by Gasteiger charge is -2.31. The van der Waals surface area contributed by atoms with Gasteiger partial charge in [0.15, 0.2) is 17.3 Å².